The van der Waals surface area contributed by atoms with Crippen LogP contribution >= 0.6 is 0 Å². The molecular formula is C14H24F2N2O4. The fourth-order valence-corrected chi connectivity index (χ4v) is 2.29. The molecule has 1 N–H and O–H groups in total. The maximum absolute atomic E-state index is 13.7. The Kier molecular flexibility index (Phi) is 7.50. The van der Waals surface area contributed by atoms with E-state index in [1.54, 1.807) is 6.92 Å². The van der Waals surface area contributed by atoms with Crippen molar-refractivity contribution >= 4 is 12.0 Å². The molecule has 22 heavy (non-hydrogen) atoms. The SMILES string of the molecule is CCCC(F)(F)CC(NC(=O)N1CCCOCC1)C(=O)OC. The molecule has 2 amide bonds. The van der Waals surface area contributed by atoms with Crippen LogP contribution in [-0.2, 0) is 14.3 Å². The number of ether oxygens (including phenoxy) is 2. The van der Waals surface area contributed by atoms with E-state index in [1.807, 2.05) is 0 Å². The maximum atomic E-state index is 13.7. The number of esters is 1. The highest BCUT2D eigenvalue weighted by Crippen LogP contribution is 2.26. The molecule has 128 valence electrons. The van der Waals surface area contributed by atoms with Gasteiger partial charge in [-0.3, -0.25) is 0 Å². The summed E-state index contributed by atoms with van der Waals surface area (Å²) in [5, 5.41) is 2.36. The number of hydrogen-bond acceptors (Lipinski definition) is 4. The molecule has 1 atom stereocenters. The summed E-state index contributed by atoms with van der Waals surface area (Å²) in [6.45, 7) is 3.41. The third kappa shape index (κ3) is 6.13. The lowest BCUT2D eigenvalue weighted by atomic mass is 10.0. The van der Waals surface area contributed by atoms with E-state index in [9.17, 15) is 18.4 Å². The molecule has 1 aliphatic rings. The number of carbonyl (C=O) groups excluding carboxylic acids is 2. The first-order valence-corrected chi connectivity index (χ1v) is 7.48. The van der Waals surface area contributed by atoms with Crippen molar-refractivity contribution in [3.05, 3.63) is 0 Å². The van der Waals surface area contributed by atoms with E-state index in [1.165, 1.54) is 4.90 Å². The molecule has 0 aromatic heterocycles. The zero-order chi connectivity index (χ0) is 16.6. The topological polar surface area (TPSA) is 67.9 Å². The molecular weight excluding hydrogens is 298 g/mol. The van der Waals surface area contributed by atoms with Crippen LogP contribution in [0.25, 0.3) is 0 Å². The predicted octanol–water partition coefficient (Wildman–Crippen LogP) is 1.79. The van der Waals surface area contributed by atoms with E-state index >= 15 is 0 Å². The normalized spacial score (nSPS) is 17.5. The summed E-state index contributed by atoms with van der Waals surface area (Å²) in [5.41, 5.74) is 0. The van der Waals surface area contributed by atoms with Gasteiger partial charge in [0, 0.05) is 32.5 Å². The number of alkyl halides is 2. The molecule has 1 heterocycles. The van der Waals surface area contributed by atoms with E-state index in [2.05, 4.69) is 10.1 Å². The van der Waals surface area contributed by atoms with Gasteiger partial charge in [-0.15, -0.1) is 0 Å². The van der Waals surface area contributed by atoms with Crippen molar-refractivity contribution in [1.82, 2.24) is 10.2 Å². The van der Waals surface area contributed by atoms with Crippen LogP contribution in [0.4, 0.5) is 13.6 Å². The second kappa shape index (κ2) is 8.87. The molecule has 1 unspecified atom stereocenters. The minimum absolute atomic E-state index is 0.290. The Morgan fingerprint density at radius 1 is 1.36 bits per heavy atom. The number of hydrogen-bond donors (Lipinski definition) is 1. The average Bonchev–Trinajstić information content (AvgIpc) is 2.74. The zero-order valence-electron chi connectivity index (χ0n) is 13.1. The van der Waals surface area contributed by atoms with Gasteiger partial charge >= 0.3 is 12.0 Å². The van der Waals surface area contributed by atoms with Crippen molar-refractivity contribution in [3.63, 3.8) is 0 Å². The first-order valence-electron chi connectivity index (χ1n) is 7.48. The lowest BCUT2D eigenvalue weighted by Crippen LogP contribution is -2.50. The molecule has 0 saturated carbocycles. The van der Waals surface area contributed by atoms with E-state index < -0.39 is 30.4 Å². The van der Waals surface area contributed by atoms with E-state index in [4.69, 9.17) is 4.74 Å². The number of methoxy groups -OCH3 is 1. The number of halogens is 2. The van der Waals surface area contributed by atoms with Gasteiger partial charge in [0.25, 0.3) is 5.92 Å². The fourth-order valence-electron chi connectivity index (χ4n) is 2.29. The van der Waals surface area contributed by atoms with Gasteiger partial charge in [0.1, 0.15) is 6.04 Å². The fraction of sp³-hybridized carbons (Fsp3) is 0.857. The molecule has 0 bridgehead atoms. The van der Waals surface area contributed by atoms with Gasteiger partial charge < -0.3 is 19.7 Å². The summed E-state index contributed by atoms with van der Waals surface area (Å²) in [4.78, 5) is 25.3. The first kappa shape index (κ1) is 18.6. The second-order valence-electron chi connectivity index (χ2n) is 5.29. The zero-order valence-corrected chi connectivity index (χ0v) is 13.1. The minimum atomic E-state index is -3.03. The predicted molar refractivity (Wildman–Crippen MR) is 75.8 cm³/mol. The van der Waals surface area contributed by atoms with Crippen LogP contribution in [-0.4, -0.2) is 62.3 Å². The number of amides is 2. The number of carbonyl (C=O) groups is 2. The quantitative estimate of drug-likeness (QED) is 0.757. The van der Waals surface area contributed by atoms with Crippen molar-refractivity contribution < 1.29 is 27.8 Å². The van der Waals surface area contributed by atoms with Gasteiger partial charge in [-0.25, -0.2) is 18.4 Å². The van der Waals surface area contributed by atoms with Crippen LogP contribution in [0.2, 0.25) is 0 Å². The van der Waals surface area contributed by atoms with Gasteiger partial charge in [0.05, 0.1) is 13.7 Å². The van der Waals surface area contributed by atoms with Crippen molar-refractivity contribution in [3.8, 4) is 0 Å². The number of nitrogens with one attached hydrogen (secondary N) is 1. The first-order chi connectivity index (χ1) is 10.4. The third-order valence-electron chi connectivity index (χ3n) is 3.41. The average molecular weight is 322 g/mol. The van der Waals surface area contributed by atoms with Gasteiger partial charge in [0.15, 0.2) is 0 Å². The summed E-state index contributed by atoms with van der Waals surface area (Å²) in [7, 11) is 1.11. The summed E-state index contributed by atoms with van der Waals surface area (Å²) in [6, 6.07) is -1.91. The van der Waals surface area contributed by atoms with E-state index in [0.717, 1.165) is 7.11 Å². The number of urea groups is 1. The van der Waals surface area contributed by atoms with Gasteiger partial charge in [-0.2, -0.15) is 0 Å². The van der Waals surface area contributed by atoms with Crippen molar-refractivity contribution in [2.75, 3.05) is 33.4 Å². The molecule has 0 radical (unpaired) electrons. The molecule has 0 aromatic carbocycles. The Balaban J connectivity index is 2.67. The van der Waals surface area contributed by atoms with Gasteiger partial charge in [-0.1, -0.05) is 13.3 Å². The highest BCUT2D eigenvalue weighted by atomic mass is 19.3. The highest BCUT2D eigenvalue weighted by molar-refractivity contribution is 5.83. The summed E-state index contributed by atoms with van der Waals surface area (Å²) >= 11 is 0. The van der Waals surface area contributed by atoms with Crippen LogP contribution in [0.15, 0.2) is 0 Å². The Morgan fingerprint density at radius 2 is 2.09 bits per heavy atom. The van der Waals surface area contributed by atoms with Crippen LogP contribution in [0, 0.1) is 0 Å². The Morgan fingerprint density at radius 3 is 2.73 bits per heavy atom. The Bertz CT molecular complexity index is 372. The standard InChI is InChI=1S/C14H24F2N2O4/c1-3-5-14(15,16)10-11(12(19)21-2)17-13(20)18-6-4-8-22-9-7-18/h11H,3-10H2,1-2H3,(H,17,20). The minimum Gasteiger partial charge on any atom is -0.467 e. The number of rotatable bonds is 6. The third-order valence-corrected chi connectivity index (χ3v) is 3.41. The molecule has 0 aliphatic carbocycles. The van der Waals surface area contributed by atoms with Crippen molar-refractivity contribution in [2.24, 2.45) is 0 Å². The van der Waals surface area contributed by atoms with Crippen molar-refractivity contribution in [1.29, 1.82) is 0 Å². The molecule has 1 aliphatic heterocycles. The molecule has 0 spiro atoms. The lowest BCUT2D eigenvalue weighted by molar-refractivity contribution is -0.146. The van der Waals surface area contributed by atoms with Gasteiger partial charge in [-0.05, 0) is 6.42 Å². The van der Waals surface area contributed by atoms with Crippen molar-refractivity contribution in [2.45, 2.75) is 44.6 Å². The van der Waals surface area contributed by atoms with Crippen LogP contribution < -0.4 is 5.32 Å². The molecule has 6 nitrogen and oxygen atoms in total. The molecule has 0 aromatic rings. The Labute approximate surface area is 129 Å². The van der Waals surface area contributed by atoms with E-state index in [-0.39, 0.29) is 12.8 Å². The molecule has 1 saturated heterocycles. The molecule has 8 heteroatoms. The molecule has 1 fully saturated rings. The van der Waals surface area contributed by atoms with Crippen LogP contribution in [0.5, 0.6) is 0 Å². The monoisotopic (exact) mass is 322 g/mol. The second-order valence-corrected chi connectivity index (χ2v) is 5.29. The van der Waals surface area contributed by atoms with Gasteiger partial charge in [0.2, 0.25) is 0 Å². The summed E-state index contributed by atoms with van der Waals surface area (Å²) in [5.74, 6) is -3.89. The van der Waals surface area contributed by atoms with Crippen LogP contribution in [0.1, 0.15) is 32.6 Å². The maximum Gasteiger partial charge on any atom is 0.328 e. The highest BCUT2D eigenvalue weighted by Gasteiger charge is 2.36. The lowest BCUT2D eigenvalue weighted by Gasteiger charge is -2.26. The molecule has 1 rings (SSSR count). The summed E-state index contributed by atoms with van der Waals surface area (Å²) < 4.78 is 37.2. The number of nitrogens with zero attached hydrogens (tertiary/aromatic N) is 1. The smallest absolute Gasteiger partial charge is 0.328 e. The van der Waals surface area contributed by atoms with Crippen LogP contribution in [0.3, 0.4) is 0 Å². The van der Waals surface area contributed by atoms with E-state index in [0.29, 0.717) is 32.7 Å². The summed E-state index contributed by atoms with van der Waals surface area (Å²) in [6.07, 6.45) is -0.141. The Hall–Kier alpha value is -1.44. The largest absolute Gasteiger partial charge is 0.467 e.